The number of fused-ring (bicyclic) bond motifs is 1. The van der Waals surface area contributed by atoms with Gasteiger partial charge in [0, 0.05) is 0 Å². The number of unbranched alkanes of at least 4 members (excludes halogenated alkanes) is 1. The van der Waals surface area contributed by atoms with Crippen LogP contribution in [0.1, 0.15) is 37.3 Å². The molecule has 1 aromatic carbocycles. The van der Waals surface area contributed by atoms with Crippen LogP contribution >= 0.6 is 15.9 Å². The van der Waals surface area contributed by atoms with Crippen LogP contribution in [0.2, 0.25) is 0 Å². The molecule has 0 bridgehead atoms. The second-order valence-corrected chi connectivity index (χ2v) is 4.86. The molecular weight excluding hydrogens is 252 g/mol. The first kappa shape index (κ1) is 11.0. The van der Waals surface area contributed by atoms with Gasteiger partial charge in [0.05, 0.1) is 11.1 Å². The van der Waals surface area contributed by atoms with Crippen molar-refractivity contribution in [2.75, 3.05) is 6.61 Å². The summed E-state index contributed by atoms with van der Waals surface area (Å²) in [6, 6.07) is 4.32. The molecule has 2 heteroatoms. The molecule has 15 heavy (non-hydrogen) atoms. The van der Waals surface area contributed by atoms with Crippen LogP contribution in [-0.2, 0) is 12.8 Å². The average Bonchev–Trinajstić information content (AvgIpc) is 2.70. The number of rotatable bonds is 4. The van der Waals surface area contributed by atoms with Crippen LogP contribution in [-0.4, -0.2) is 6.61 Å². The predicted octanol–water partition coefficient (Wildman–Crippen LogP) is 4.12. The Morgan fingerprint density at radius 3 is 3.00 bits per heavy atom. The van der Waals surface area contributed by atoms with Crippen LogP contribution in [0.25, 0.3) is 0 Å². The van der Waals surface area contributed by atoms with E-state index >= 15 is 0 Å². The van der Waals surface area contributed by atoms with Crippen molar-refractivity contribution in [1.29, 1.82) is 0 Å². The zero-order valence-electron chi connectivity index (χ0n) is 9.18. The van der Waals surface area contributed by atoms with Gasteiger partial charge in [0.15, 0.2) is 0 Å². The van der Waals surface area contributed by atoms with E-state index in [0.29, 0.717) is 0 Å². The van der Waals surface area contributed by atoms with E-state index in [1.54, 1.807) is 0 Å². The molecule has 2 rings (SSSR count). The molecule has 1 aliphatic carbocycles. The van der Waals surface area contributed by atoms with Crippen LogP contribution in [0.3, 0.4) is 0 Å². The van der Waals surface area contributed by atoms with Crippen molar-refractivity contribution in [1.82, 2.24) is 0 Å². The fourth-order valence-corrected chi connectivity index (χ4v) is 2.74. The highest BCUT2D eigenvalue weighted by molar-refractivity contribution is 9.10. The lowest BCUT2D eigenvalue weighted by molar-refractivity contribution is 0.307. The highest BCUT2D eigenvalue weighted by Crippen LogP contribution is 2.36. The number of hydrogen-bond acceptors (Lipinski definition) is 1. The number of benzene rings is 1. The van der Waals surface area contributed by atoms with E-state index in [4.69, 9.17) is 4.74 Å². The van der Waals surface area contributed by atoms with Crippen molar-refractivity contribution in [2.45, 2.75) is 39.0 Å². The molecule has 0 fully saturated rings. The Hall–Kier alpha value is -0.500. The summed E-state index contributed by atoms with van der Waals surface area (Å²) in [7, 11) is 0. The maximum absolute atomic E-state index is 5.76. The molecule has 0 heterocycles. The van der Waals surface area contributed by atoms with E-state index in [2.05, 4.69) is 35.0 Å². The molecule has 0 N–H and O–H groups in total. The summed E-state index contributed by atoms with van der Waals surface area (Å²) in [4.78, 5) is 0. The first-order chi connectivity index (χ1) is 7.33. The van der Waals surface area contributed by atoms with E-state index in [-0.39, 0.29) is 0 Å². The number of hydrogen-bond donors (Lipinski definition) is 0. The van der Waals surface area contributed by atoms with Gasteiger partial charge in [-0.15, -0.1) is 0 Å². The normalized spacial score (nSPS) is 14.0. The summed E-state index contributed by atoms with van der Waals surface area (Å²) >= 11 is 3.66. The van der Waals surface area contributed by atoms with E-state index in [1.165, 1.54) is 41.3 Å². The van der Waals surface area contributed by atoms with Crippen LogP contribution in [0.5, 0.6) is 5.75 Å². The molecule has 0 amide bonds. The van der Waals surface area contributed by atoms with Crippen LogP contribution < -0.4 is 4.74 Å². The second kappa shape index (κ2) is 5.02. The van der Waals surface area contributed by atoms with Gasteiger partial charge >= 0.3 is 0 Å². The van der Waals surface area contributed by atoms with E-state index in [0.717, 1.165) is 18.8 Å². The third kappa shape index (κ3) is 2.36. The van der Waals surface area contributed by atoms with Crippen LogP contribution in [0.4, 0.5) is 0 Å². The second-order valence-electron chi connectivity index (χ2n) is 4.07. The quantitative estimate of drug-likeness (QED) is 0.747. The summed E-state index contributed by atoms with van der Waals surface area (Å²) in [5.74, 6) is 1.02. The molecule has 1 aromatic rings. The minimum atomic E-state index is 0.827. The maximum Gasteiger partial charge on any atom is 0.133 e. The Labute approximate surface area is 100.0 Å². The van der Waals surface area contributed by atoms with Crippen molar-refractivity contribution in [2.24, 2.45) is 0 Å². The first-order valence-electron chi connectivity index (χ1n) is 5.76. The Morgan fingerprint density at radius 2 is 2.20 bits per heavy atom. The van der Waals surface area contributed by atoms with Gasteiger partial charge in [0.2, 0.25) is 0 Å². The van der Waals surface area contributed by atoms with E-state index in [9.17, 15) is 0 Å². The summed E-state index contributed by atoms with van der Waals surface area (Å²) in [5.41, 5.74) is 2.95. The van der Waals surface area contributed by atoms with Crippen LogP contribution in [0, 0.1) is 0 Å². The smallest absolute Gasteiger partial charge is 0.133 e. The zero-order chi connectivity index (χ0) is 10.7. The minimum absolute atomic E-state index is 0.827. The predicted molar refractivity (Wildman–Crippen MR) is 66.6 cm³/mol. The molecule has 0 saturated carbocycles. The molecule has 0 radical (unpaired) electrons. The van der Waals surface area contributed by atoms with E-state index in [1.807, 2.05) is 0 Å². The maximum atomic E-state index is 5.76. The topological polar surface area (TPSA) is 9.23 Å². The lowest BCUT2D eigenvalue weighted by Gasteiger charge is -2.10. The van der Waals surface area contributed by atoms with Crippen molar-refractivity contribution in [3.8, 4) is 5.75 Å². The standard InChI is InChI=1S/C13H17BrO/c1-2-3-9-15-12-8-7-10-5-4-6-11(10)13(12)14/h7-8H,2-6,9H2,1H3. The van der Waals surface area contributed by atoms with Crippen LogP contribution in [0.15, 0.2) is 16.6 Å². The highest BCUT2D eigenvalue weighted by Gasteiger charge is 2.16. The first-order valence-corrected chi connectivity index (χ1v) is 6.55. The number of halogens is 1. The lowest BCUT2D eigenvalue weighted by Crippen LogP contribution is -1.98. The van der Waals surface area contributed by atoms with Gasteiger partial charge in [-0.05, 0) is 58.8 Å². The van der Waals surface area contributed by atoms with Gasteiger partial charge in [-0.3, -0.25) is 0 Å². The largest absolute Gasteiger partial charge is 0.492 e. The van der Waals surface area contributed by atoms with Gasteiger partial charge < -0.3 is 4.74 Å². The van der Waals surface area contributed by atoms with Crippen molar-refractivity contribution >= 4 is 15.9 Å². The molecule has 1 nitrogen and oxygen atoms in total. The number of aryl methyl sites for hydroxylation is 1. The zero-order valence-corrected chi connectivity index (χ0v) is 10.8. The Bertz CT molecular complexity index is 347. The SMILES string of the molecule is CCCCOc1ccc2c(c1Br)CCC2. The molecular formula is C13H17BrO. The van der Waals surface area contributed by atoms with Gasteiger partial charge in [-0.25, -0.2) is 0 Å². The molecule has 0 spiro atoms. The third-order valence-corrected chi connectivity index (χ3v) is 3.80. The fraction of sp³-hybridized carbons (Fsp3) is 0.538. The molecule has 1 aliphatic rings. The van der Waals surface area contributed by atoms with Crippen molar-refractivity contribution in [3.63, 3.8) is 0 Å². The summed E-state index contributed by atoms with van der Waals surface area (Å²) in [5, 5.41) is 0. The monoisotopic (exact) mass is 268 g/mol. The van der Waals surface area contributed by atoms with Gasteiger partial charge in [-0.1, -0.05) is 19.4 Å². The Kier molecular flexibility index (Phi) is 3.68. The summed E-state index contributed by atoms with van der Waals surface area (Å²) in [6.45, 7) is 3.01. The lowest BCUT2D eigenvalue weighted by atomic mass is 10.1. The van der Waals surface area contributed by atoms with Crippen molar-refractivity contribution < 1.29 is 4.74 Å². The Balaban J connectivity index is 2.12. The van der Waals surface area contributed by atoms with E-state index < -0.39 is 0 Å². The number of ether oxygens (including phenoxy) is 1. The highest BCUT2D eigenvalue weighted by atomic mass is 79.9. The van der Waals surface area contributed by atoms with Gasteiger partial charge in [0.25, 0.3) is 0 Å². The summed E-state index contributed by atoms with van der Waals surface area (Å²) < 4.78 is 6.94. The van der Waals surface area contributed by atoms with Gasteiger partial charge in [0.1, 0.15) is 5.75 Å². The molecule has 0 aromatic heterocycles. The van der Waals surface area contributed by atoms with Gasteiger partial charge in [-0.2, -0.15) is 0 Å². The van der Waals surface area contributed by atoms with Crippen molar-refractivity contribution in [3.05, 3.63) is 27.7 Å². The fourth-order valence-electron chi connectivity index (χ4n) is 2.04. The Morgan fingerprint density at radius 1 is 1.33 bits per heavy atom. The molecule has 82 valence electrons. The molecule has 0 aliphatic heterocycles. The minimum Gasteiger partial charge on any atom is -0.492 e. The molecule has 0 unspecified atom stereocenters. The molecule has 0 atom stereocenters. The summed E-state index contributed by atoms with van der Waals surface area (Å²) in [6.07, 6.45) is 6.02. The molecule has 0 saturated heterocycles. The third-order valence-electron chi connectivity index (χ3n) is 2.93. The average molecular weight is 269 g/mol.